The van der Waals surface area contributed by atoms with Gasteiger partial charge in [0.1, 0.15) is 5.82 Å². The van der Waals surface area contributed by atoms with Gasteiger partial charge in [-0.1, -0.05) is 0 Å². The molecule has 2 aliphatic heterocycles. The van der Waals surface area contributed by atoms with Crippen molar-refractivity contribution in [3.8, 4) is 0 Å². The van der Waals surface area contributed by atoms with Gasteiger partial charge >= 0.3 is 0 Å². The molecule has 2 aliphatic rings. The highest BCUT2D eigenvalue weighted by Gasteiger charge is 2.24. The van der Waals surface area contributed by atoms with E-state index >= 15 is 0 Å². The molecule has 2 saturated heterocycles. The zero-order valence-corrected chi connectivity index (χ0v) is 14.9. The van der Waals surface area contributed by atoms with Crippen LogP contribution < -0.4 is 4.90 Å². The van der Waals surface area contributed by atoms with Crippen LogP contribution in [0.3, 0.4) is 0 Å². The predicted molar refractivity (Wildman–Crippen MR) is 98.7 cm³/mol. The lowest BCUT2D eigenvalue weighted by molar-refractivity contribution is 0.0365. The van der Waals surface area contributed by atoms with Gasteiger partial charge in [-0.3, -0.25) is 9.88 Å². The summed E-state index contributed by atoms with van der Waals surface area (Å²) < 4.78 is 19.3. The van der Waals surface area contributed by atoms with Gasteiger partial charge in [0, 0.05) is 62.2 Å². The third-order valence-corrected chi connectivity index (χ3v) is 5.46. The molecule has 4 rings (SSSR count). The van der Waals surface area contributed by atoms with E-state index in [1.165, 1.54) is 6.07 Å². The van der Waals surface area contributed by atoms with Gasteiger partial charge in [0.25, 0.3) is 0 Å². The molecular weight excluding hydrogens is 317 g/mol. The lowest BCUT2D eigenvalue weighted by atomic mass is 10.1. The summed E-state index contributed by atoms with van der Waals surface area (Å²) in [5.74, 6) is -0.196. The van der Waals surface area contributed by atoms with Gasteiger partial charge < -0.3 is 9.64 Å². The summed E-state index contributed by atoms with van der Waals surface area (Å²) in [4.78, 5) is 9.60. The molecule has 0 bridgehead atoms. The maximum absolute atomic E-state index is 13.8. The molecule has 5 heteroatoms. The number of benzene rings is 1. The zero-order chi connectivity index (χ0) is 17.2. The van der Waals surface area contributed by atoms with Crippen LogP contribution in [0.25, 0.3) is 10.9 Å². The molecule has 25 heavy (non-hydrogen) atoms. The third kappa shape index (κ3) is 3.62. The van der Waals surface area contributed by atoms with Crippen molar-refractivity contribution in [3.63, 3.8) is 0 Å². The number of aromatic nitrogens is 1. The lowest BCUT2D eigenvalue weighted by Gasteiger charge is -2.33. The number of aryl methyl sites for hydroxylation is 1. The molecule has 3 heterocycles. The van der Waals surface area contributed by atoms with Gasteiger partial charge in [-0.15, -0.1) is 0 Å². The van der Waals surface area contributed by atoms with Gasteiger partial charge in [0.05, 0.1) is 5.52 Å². The highest BCUT2D eigenvalue weighted by Crippen LogP contribution is 2.29. The van der Waals surface area contributed by atoms with E-state index in [1.807, 2.05) is 6.92 Å². The van der Waals surface area contributed by atoms with E-state index in [2.05, 4.69) is 20.9 Å². The standard InChI is InChI=1S/C20H26FN3O/c1-15-13-20(18-14-16(21)3-4-19(18)22-15)24-8-2-7-23(9-10-24)17-5-11-25-12-6-17/h3-4,13-14,17H,2,5-12H2,1H3. The molecule has 0 N–H and O–H groups in total. The molecule has 0 spiro atoms. The molecule has 2 aromatic rings. The minimum Gasteiger partial charge on any atom is -0.381 e. The van der Waals surface area contributed by atoms with Gasteiger partial charge in [0.15, 0.2) is 0 Å². The normalized spacial score (nSPS) is 20.8. The number of pyridine rings is 1. The topological polar surface area (TPSA) is 28.6 Å². The number of halogens is 1. The minimum absolute atomic E-state index is 0.196. The second kappa shape index (κ2) is 7.26. The first-order valence-electron chi connectivity index (χ1n) is 9.34. The summed E-state index contributed by atoms with van der Waals surface area (Å²) in [5.41, 5.74) is 2.98. The zero-order valence-electron chi connectivity index (χ0n) is 14.9. The largest absolute Gasteiger partial charge is 0.381 e. The molecule has 0 atom stereocenters. The van der Waals surface area contributed by atoms with E-state index in [4.69, 9.17) is 4.74 Å². The van der Waals surface area contributed by atoms with Gasteiger partial charge in [-0.25, -0.2) is 4.39 Å². The Bertz CT molecular complexity index is 745. The fourth-order valence-electron chi connectivity index (χ4n) is 4.16. The van der Waals surface area contributed by atoms with E-state index in [9.17, 15) is 4.39 Å². The van der Waals surface area contributed by atoms with Crippen molar-refractivity contribution in [1.29, 1.82) is 0 Å². The smallest absolute Gasteiger partial charge is 0.124 e. The molecule has 134 valence electrons. The van der Waals surface area contributed by atoms with Crippen molar-refractivity contribution in [1.82, 2.24) is 9.88 Å². The Balaban J connectivity index is 1.58. The number of hydrogen-bond donors (Lipinski definition) is 0. The third-order valence-electron chi connectivity index (χ3n) is 5.46. The number of nitrogens with zero attached hydrogens (tertiary/aromatic N) is 3. The average Bonchev–Trinajstić information content (AvgIpc) is 2.88. The first-order valence-corrected chi connectivity index (χ1v) is 9.34. The highest BCUT2D eigenvalue weighted by atomic mass is 19.1. The van der Waals surface area contributed by atoms with E-state index in [1.54, 1.807) is 12.1 Å². The van der Waals surface area contributed by atoms with Crippen molar-refractivity contribution in [2.45, 2.75) is 32.2 Å². The van der Waals surface area contributed by atoms with E-state index in [0.29, 0.717) is 6.04 Å². The monoisotopic (exact) mass is 343 g/mol. The maximum atomic E-state index is 13.8. The molecule has 0 radical (unpaired) electrons. The van der Waals surface area contributed by atoms with Crippen molar-refractivity contribution in [3.05, 3.63) is 35.8 Å². The molecular formula is C20H26FN3O. The Morgan fingerprint density at radius 3 is 2.76 bits per heavy atom. The van der Waals surface area contributed by atoms with Crippen LogP contribution in [0, 0.1) is 12.7 Å². The number of fused-ring (bicyclic) bond motifs is 1. The molecule has 2 fully saturated rings. The first-order chi connectivity index (χ1) is 12.2. The average molecular weight is 343 g/mol. The van der Waals surface area contributed by atoms with Gasteiger partial charge in [0.2, 0.25) is 0 Å². The molecule has 0 amide bonds. The van der Waals surface area contributed by atoms with Crippen LogP contribution in [-0.2, 0) is 4.74 Å². The van der Waals surface area contributed by atoms with Crippen LogP contribution in [0.1, 0.15) is 25.0 Å². The predicted octanol–water partition coefficient (Wildman–Crippen LogP) is 3.37. The Hall–Kier alpha value is -1.72. The molecule has 1 aromatic heterocycles. The maximum Gasteiger partial charge on any atom is 0.124 e. The van der Waals surface area contributed by atoms with Crippen LogP contribution in [0.5, 0.6) is 0 Å². The van der Waals surface area contributed by atoms with Crippen LogP contribution in [-0.4, -0.2) is 55.3 Å². The van der Waals surface area contributed by atoms with Crippen LogP contribution in [0.4, 0.5) is 10.1 Å². The summed E-state index contributed by atoms with van der Waals surface area (Å²) in [5, 5.41) is 0.921. The van der Waals surface area contributed by atoms with E-state index in [-0.39, 0.29) is 5.82 Å². The Labute approximate surface area is 148 Å². The van der Waals surface area contributed by atoms with Gasteiger partial charge in [-0.2, -0.15) is 0 Å². The number of hydrogen-bond acceptors (Lipinski definition) is 4. The Kier molecular flexibility index (Phi) is 4.86. The number of rotatable bonds is 2. The van der Waals surface area contributed by atoms with E-state index in [0.717, 1.165) is 80.9 Å². The van der Waals surface area contributed by atoms with Crippen molar-refractivity contribution in [2.24, 2.45) is 0 Å². The summed E-state index contributed by atoms with van der Waals surface area (Å²) in [6.07, 6.45) is 3.42. The van der Waals surface area contributed by atoms with Crippen LogP contribution in [0.2, 0.25) is 0 Å². The Morgan fingerprint density at radius 2 is 1.92 bits per heavy atom. The lowest BCUT2D eigenvalue weighted by Crippen LogP contribution is -2.41. The fourth-order valence-corrected chi connectivity index (χ4v) is 4.16. The fraction of sp³-hybridized carbons (Fsp3) is 0.550. The first kappa shape index (κ1) is 16.7. The molecule has 0 unspecified atom stereocenters. The molecule has 1 aromatic carbocycles. The molecule has 4 nitrogen and oxygen atoms in total. The summed E-state index contributed by atoms with van der Waals surface area (Å²) in [6, 6.07) is 7.66. The highest BCUT2D eigenvalue weighted by molar-refractivity contribution is 5.92. The summed E-state index contributed by atoms with van der Waals surface area (Å²) in [6.45, 7) is 7.97. The van der Waals surface area contributed by atoms with E-state index < -0.39 is 0 Å². The number of anilines is 1. The minimum atomic E-state index is -0.196. The van der Waals surface area contributed by atoms with Gasteiger partial charge in [-0.05, 0) is 50.5 Å². The van der Waals surface area contributed by atoms with Crippen LogP contribution in [0.15, 0.2) is 24.3 Å². The molecule has 0 aliphatic carbocycles. The summed E-state index contributed by atoms with van der Waals surface area (Å²) >= 11 is 0. The Morgan fingerprint density at radius 1 is 1.08 bits per heavy atom. The second-order valence-electron chi connectivity index (χ2n) is 7.16. The van der Waals surface area contributed by atoms with Crippen molar-refractivity contribution in [2.75, 3.05) is 44.3 Å². The van der Waals surface area contributed by atoms with Crippen molar-refractivity contribution >= 4 is 16.6 Å². The van der Waals surface area contributed by atoms with Crippen LogP contribution >= 0.6 is 0 Å². The second-order valence-corrected chi connectivity index (χ2v) is 7.16. The SMILES string of the molecule is Cc1cc(N2CCCN(C3CCOCC3)CC2)c2cc(F)ccc2n1. The molecule has 0 saturated carbocycles. The summed E-state index contributed by atoms with van der Waals surface area (Å²) in [7, 11) is 0. The van der Waals surface area contributed by atoms with Crippen molar-refractivity contribution < 1.29 is 9.13 Å². The quantitative estimate of drug-likeness (QED) is 0.836. The number of ether oxygens (including phenoxy) is 1.